The minimum absolute atomic E-state index is 0.547. The first-order chi connectivity index (χ1) is 12.6. The average Bonchev–Trinajstić information content (AvgIpc) is 2.66. The van der Waals surface area contributed by atoms with E-state index in [1.54, 1.807) is 0 Å². The third-order valence-corrected chi connectivity index (χ3v) is 5.57. The van der Waals surface area contributed by atoms with Crippen LogP contribution in [0.1, 0.15) is 17.1 Å². The summed E-state index contributed by atoms with van der Waals surface area (Å²) < 4.78 is 15.3. The molecule has 1 saturated heterocycles. The van der Waals surface area contributed by atoms with Crippen LogP contribution in [0, 0.1) is 6.92 Å². The summed E-state index contributed by atoms with van der Waals surface area (Å²) in [6, 6.07) is 12.1. The van der Waals surface area contributed by atoms with Crippen molar-refractivity contribution in [2.45, 2.75) is 19.9 Å². The second-order valence-electron chi connectivity index (χ2n) is 6.66. The molecule has 1 aliphatic rings. The Kier molecular flexibility index (Phi) is 6.71. The monoisotopic (exact) mass is 373 g/mol. The topological polar surface area (TPSA) is 61.4 Å². The van der Waals surface area contributed by atoms with Gasteiger partial charge in [0, 0.05) is 56.7 Å². The molecule has 1 atom stereocenters. The van der Waals surface area contributed by atoms with E-state index in [9.17, 15) is 4.21 Å². The van der Waals surface area contributed by atoms with Crippen molar-refractivity contribution in [2.24, 2.45) is 0 Å². The number of hydrogen-bond acceptors (Lipinski definition) is 5. The van der Waals surface area contributed by atoms with Crippen LogP contribution in [-0.4, -0.2) is 58.1 Å². The first-order valence-electron chi connectivity index (χ1n) is 9.04. The highest BCUT2D eigenvalue weighted by atomic mass is 32.2. The summed E-state index contributed by atoms with van der Waals surface area (Å²) in [5.41, 5.74) is 2.09. The molecule has 0 bridgehead atoms. The van der Waals surface area contributed by atoms with Gasteiger partial charge < -0.3 is 9.80 Å². The Morgan fingerprint density at radius 3 is 2.58 bits per heavy atom. The van der Waals surface area contributed by atoms with Gasteiger partial charge in [-0.3, -0.25) is 0 Å². The van der Waals surface area contributed by atoms with Crippen molar-refractivity contribution < 1.29 is 4.21 Å². The molecule has 1 N–H and O–H groups in total. The second kappa shape index (κ2) is 9.21. The van der Waals surface area contributed by atoms with Gasteiger partial charge in [0.25, 0.3) is 0 Å². The molecule has 1 aromatic heterocycles. The molecule has 0 radical (unpaired) electrons. The molecule has 0 saturated carbocycles. The van der Waals surface area contributed by atoms with Crippen LogP contribution in [-0.2, 0) is 24.0 Å². The lowest BCUT2D eigenvalue weighted by atomic mass is 10.2. The molecule has 1 unspecified atom stereocenters. The highest BCUT2D eigenvalue weighted by Crippen LogP contribution is 2.15. The predicted molar refractivity (Wildman–Crippen MR) is 106 cm³/mol. The van der Waals surface area contributed by atoms with Gasteiger partial charge in [-0.1, -0.05) is 30.3 Å². The van der Waals surface area contributed by atoms with Gasteiger partial charge in [-0.2, -0.15) is 0 Å². The molecule has 2 aromatic rings. The third kappa shape index (κ3) is 5.59. The Bertz CT molecular complexity index is 732. The van der Waals surface area contributed by atoms with E-state index in [1.807, 2.05) is 43.3 Å². The summed E-state index contributed by atoms with van der Waals surface area (Å²) in [5, 5.41) is 0. The summed E-state index contributed by atoms with van der Waals surface area (Å²) >= 11 is 0. The number of anilines is 1. The largest absolute Gasteiger partial charge is 0.354 e. The number of benzene rings is 1. The van der Waals surface area contributed by atoms with Crippen LogP contribution in [0.25, 0.3) is 0 Å². The van der Waals surface area contributed by atoms with E-state index < -0.39 is 11.0 Å². The zero-order valence-electron chi connectivity index (χ0n) is 15.5. The van der Waals surface area contributed by atoms with Crippen LogP contribution in [0.3, 0.4) is 0 Å². The van der Waals surface area contributed by atoms with Crippen LogP contribution in [0.2, 0.25) is 0 Å². The van der Waals surface area contributed by atoms with Crippen LogP contribution in [0.5, 0.6) is 0 Å². The minimum Gasteiger partial charge on any atom is -0.354 e. The highest BCUT2D eigenvalue weighted by molar-refractivity contribution is 7.82. The third-order valence-electron chi connectivity index (χ3n) is 4.53. The number of hydrogen-bond donors (Lipinski definition) is 1. The number of rotatable bonds is 7. The quantitative estimate of drug-likeness (QED) is 0.798. The van der Waals surface area contributed by atoms with Crippen LogP contribution in [0.4, 0.5) is 5.82 Å². The molecule has 1 fully saturated rings. The Balaban J connectivity index is 1.53. The lowest BCUT2D eigenvalue weighted by molar-refractivity contribution is 0.312. The van der Waals surface area contributed by atoms with Gasteiger partial charge in [0.1, 0.15) is 11.6 Å². The highest BCUT2D eigenvalue weighted by Gasteiger charge is 2.16. The van der Waals surface area contributed by atoms with E-state index in [4.69, 9.17) is 0 Å². The minimum atomic E-state index is -1.07. The molecular weight excluding hydrogens is 346 g/mol. The van der Waals surface area contributed by atoms with Gasteiger partial charge in [0.15, 0.2) is 0 Å². The van der Waals surface area contributed by atoms with Gasteiger partial charge in [-0.25, -0.2) is 18.9 Å². The first-order valence-corrected chi connectivity index (χ1v) is 10.4. The van der Waals surface area contributed by atoms with Gasteiger partial charge in [0.05, 0.1) is 11.0 Å². The number of nitrogens with zero attached hydrogens (tertiary/aromatic N) is 4. The van der Waals surface area contributed by atoms with E-state index in [2.05, 4.69) is 31.5 Å². The summed E-state index contributed by atoms with van der Waals surface area (Å²) in [7, 11) is 1.07. The summed E-state index contributed by atoms with van der Waals surface area (Å²) in [5.74, 6) is 2.31. The van der Waals surface area contributed by atoms with Crippen molar-refractivity contribution in [3.63, 3.8) is 0 Å². The van der Waals surface area contributed by atoms with Gasteiger partial charge in [-0.15, -0.1) is 0 Å². The smallest absolute Gasteiger partial charge is 0.132 e. The van der Waals surface area contributed by atoms with E-state index in [0.717, 1.165) is 49.1 Å². The fraction of sp³-hybridized carbons (Fsp3) is 0.474. The maximum atomic E-state index is 12.2. The molecule has 2 heterocycles. The Morgan fingerprint density at radius 1 is 1.12 bits per heavy atom. The molecular formula is C19H27N5OS. The fourth-order valence-corrected chi connectivity index (χ4v) is 3.83. The van der Waals surface area contributed by atoms with Crippen molar-refractivity contribution in [1.82, 2.24) is 19.6 Å². The van der Waals surface area contributed by atoms with Gasteiger partial charge in [-0.05, 0) is 19.5 Å². The average molecular weight is 374 g/mol. The van der Waals surface area contributed by atoms with Gasteiger partial charge in [0.2, 0.25) is 0 Å². The molecule has 1 aliphatic heterocycles. The molecule has 0 amide bonds. The Hall–Kier alpha value is -1.83. The molecule has 140 valence electrons. The summed E-state index contributed by atoms with van der Waals surface area (Å²) in [4.78, 5) is 13.7. The fourth-order valence-electron chi connectivity index (χ4n) is 2.97. The molecule has 0 spiro atoms. The SMILES string of the molecule is Cc1nc(CCS(=O)NCc2ccccc2)cc(N2CCN(C)CC2)n1. The standard InChI is InChI=1S/C19H27N5OS/c1-16-21-18(14-19(22-16)24-11-9-23(2)10-12-24)8-13-26(25)20-15-17-6-4-3-5-7-17/h3-7,14,20H,8-13,15H2,1-2H3. The summed E-state index contributed by atoms with van der Waals surface area (Å²) in [6.07, 6.45) is 0.679. The molecule has 0 aliphatic carbocycles. The number of aryl methyl sites for hydroxylation is 2. The van der Waals surface area contributed by atoms with E-state index in [0.29, 0.717) is 18.7 Å². The molecule has 6 nitrogen and oxygen atoms in total. The number of nitrogens with one attached hydrogen (secondary N) is 1. The first kappa shape index (κ1) is 18.9. The summed E-state index contributed by atoms with van der Waals surface area (Å²) in [6.45, 7) is 6.60. The molecule has 26 heavy (non-hydrogen) atoms. The van der Waals surface area contributed by atoms with Crippen molar-refractivity contribution >= 4 is 16.8 Å². The Morgan fingerprint density at radius 2 is 1.85 bits per heavy atom. The number of piperazine rings is 1. The van der Waals surface area contributed by atoms with Gasteiger partial charge >= 0.3 is 0 Å². The lowest BCUT2D eigenvalue weighted by Crippen LogP contribution is -2.45. The van der Waals surface area contributed by atoms with Crippen molar-refractivity contribution in [2.75, 3.05) is 43.9 Å². The predicted octanol–water partition coefficient (Wildman–Crippen LogP) is 1.53. The van der Waals surface area contributed by atoms with Crippen molar-refractivity contribution in [3.8, 4) is 0 Å². The zero-order chi connectivity index (χ0) is 18.4. The Labute approximate surface area is 158 Å². The van der Waals surface area contributed by atoms with E-state index in [-0.39, 0.29) is 0 Å². The maximum absolute atomic E-state index is 12.2. The van der Waals surface area contributed by atoms with Crippen molar-refractivity contribution in [1.29, 1.82) is 0 Å². The zero-order valence-corrected chi connectivity index (χ0v) is 16.3. The van der Waals surface area contributed by atoms with Crippen molar-refractivity contribution in [3.05, 3.63) is 53.5 Å². The molecule has 7 heteroatoms. The lowest BCUT2D eigenvalue weighted by Gasteiger charge is -2.33. The molecule has 1 aromatic carbocycles. The van der Waals surface area contributed by atoms with E-state index in [1.165, 1.54) is 0 Å². The number of likely N-dealkylation sites (N-methyl/N-ethyl adjacent to an activating group) is 1. The maximum Gasteiger partial charge on any atom is 0.132 e. The van der Waals surface area contributed by atoms with Crippen LogP contribution < -0.4 is 9.62 Å². The van der Waals surface area contributed by atoms with Crippen LogP contribution in [0.15, 0.2) is 36.4 Å². The molecule has 3 rings (SSSR count). The van der Waals surface area contributed by atoms with Crippen LogP contribution >= 0.6 is 0 Å². The second-order valence-corrected chi connectivity index (χ2v) is 8.05. The number of aromatic nitrogens is 2. The normalized spacial score (nSPS) is 16.6. The van der Waals surface area contributed by atoms with E-state index >= 15 is 0 Å².